The Labute approximate surface area is 104 Å². The minimum Gasteiger partial charge on any atom is -0.392 e. The number of aliphatic hydroxyl groups excluding tert-OH is 1. The van der Waals surface area contributed by atoms with Gasteiger partial charge in [-0.25, -0.2) is 0 Å². The van der Waals surface area contributed by atoms with E-state index in [2.05, 4.69) is 11.6 Å². The van der Waals surface area contributed by atoms with Gasteiger partial charge in [-0.15, -0.1) is 0 Å². The lowest BCUT2D eigenvalue weighted by Crippen LogP contribution is -1.95. The molecule has 2 heteroatoms. The van der Waals surface area contributed by atoms with Crippen LogP contribution in [0.15, 0.2) is 54.9 Å². The van der Waals surface area contributed by atoms with E-state index in [-0.39, 0.29) is 14.0 Å². The smallest absolute Gasteiger partial charge is 0.0699 e. The largest absolute Gasteiger partial charge is 0.392 e. The van der Waals surface area contributed by atoms with Gasteiger partial charge >= 0.3 is 0 Å². The molecule has 0 spiro atoms. The van der Waals surface area contributed by atoms with E-state index in [4.69, 9.17) is 5.11 Å². The third-order valence-corrected chi connectivity index (χ3v) is 2.23. The summed E-state index contributed by atoms with van der Waals surface area (Å²) in [6.07, 6.45) is 12.0. The Morgan fingerprint density at radius 1 is 1.41 bits per heavy atom. The molecule has 92 valence electrons. The fourth-order valence-corrected chi connectivity index (χ4v) is 1.38. The topological polar surface area (TPSA) is 33.1 Å². The van der Waals surface area contributed by atoms with Gasteiger partial charge in [0.2, 0.25) is 0 Å². The molecular weight excluding hydrogens is 210 g/mol. The summed E-state index contributed by atoms with van der Waals surface area (Å²) in [7, 11) is 0. The molecule has 0 bridgehead atoms. The molecule has 0 fully saturated rings. The van der Waals surface area contributed by atoms with Crippen molar-refractivity contribution in [3.8, 4) is 0 Å². The van der Waals surface area contributed by atoms with Crippen LogP contribution in [0.4, 0.5) is 0 Å². The molecule has 1 heterocycles. The number of rotatable bonds is 5. The Balaban J connectivity index is 0.00000256. The van der Waals surface area contributed by atoms with Crippen LogP contribution in [0.1, 0.15) is 25.5 Å². The summed E-state index contributed by atoms with van der Waals surface area (Å²) in [6, 6.07) is 1.92. The summed E-state index contributed by atoms with van der Waals surface area (Å²) in [6.45, 7) is 5.97. The first-order valence-corrected chi connectivity index (χ1v) is 5.27. The van der Waals surface area contributed by atoms with Gasteiger partial charge in [-0.05, 0) is 30.5 Å². The van der Waals surface area contributed by atoms with Crippen LogP contribution in [0.5, 0.6) is 0 Å². The minimum atomic E-state index is 0. The zero-order valence-corrected chi connectivity index (χ0v) is 9.56. The summed E-state index contributed by atoms with van der Waals surface area (Å²) in [5.41, 5.74) is 2.95. The second kappa shape index (κ2) is 8.48. The normalized spacial score (nSPS) is 10.7. The number of pyridine rings is 1. The lowest BCUT2D eigenvalue weighted by atomic mass is 10.0. The Bertz CT molecular complexity index is 405. The molecule has 1 aromatic rings. The van der Waals surface area contributed by atoms with E-state index in [1.54, 1.807) is 12.4 Å². The summed E-state index contributed by atoms with van der Waals surface area (Å²) in [5.74, 6) is 0. The average Bonchev–Trinajstić information content (AvgIpc) is 2.30. The monoisotopic (exact) mass is 231 g/mol. The zero-order chi connectivity index (χ0) is 11.8. The van der Waals surface area contributed by atoms with Crippen molar-refractivity contribution >= 4 is 0 Å². The van der Waals surface area contributed by atoms with Crippen molar-refractivity contribution in [3.05, 3.63) is 66.0 Å². The van der Waals surface area contributed by atoms with Crippen molar-refractivity contribution in [1.82, 2.24) is 4.98 Å². The molecule has 0 aliphatic carbocycles. The van der Waals surface area contributed by atoms with Gasteiger partial charge in [-0.2, -0.15) is 0 Å². The van der Waals surface area contributed by atoms with E-state index >= 15 is 0 Å². The second-order valence-corrected chi connectivity index (χ2v) is 3.52. The van der Waals surface area contributed by atoms with E-state index in [0.29, 0.717) is 0 Å². The summed E-state index contributed by atoms with van der Waals surface area (Å²) in [5, 5.41) is 9.15. The lowest BCUT2D eigenvalue weighted by molar-refractivity contribution is 0.280. The highest BCUT2D eigenvalue weighted by Crippen LogP contribution is 2.12. The van der Waals surface area contributed by atoms with Gasteiger partial charge in [0.15, 0.2) is 0 Å². The maximum Gasteiger partial charge on any atom is 0.0699 e. The van der Waals surface area contributed by atoms with Crippen molar-refractivity contribution < 1.29 is 5.11 Å². The molecule has 1 rings (SSSR count). The van der Waals surface area contributed by atoms with Crippen LogP contribution in [0.2, 0.25) is 0 Å². The number of aliphatic hydroxyl groups is 1. The first-order valence-electron chi connectivity index (χ1n) is 5.27. The number of hydrogen-bond donors (Lipinski definition) is 1. The highest BCUT2D eigenvalue weighted by molar-refractivity contribution is 5.31. The van der Waals surface area contributed by atoms with Crippen molar-refractivity contribution in [2.75, 3.05) is 0 Å². The van der Waals surface area contributed by atoms with E-state index in [9.17, 15) is 0 Å². The molecule has 0 aliphatic rings. The number of hydrogen-bond acceptors (Lipinski definition) is 2. The number of allylic oxidation sites excluding steroid dienone is 5. The van der Waals surface area contributed by atoms with Crippen LogP contribution in [-0.2, 0) is 13.0 Å². The van der Waals surface area contributed by atoms with E-state index in [1.807, 2.05) is 37.3 Å². The van der Waals surface area contributed by atoms with Crippen LogP contribution in [0.25, 0.3) is 0 Å². The second-order valence-electron chi connectivity index (χ2n) is 3.52. The molecule has 2 nitrogen and oxygen atoms in total. The molecule has 17 heavy (non-hydrogen) atoms. The molecule has 0 amide bonds. The molecule has 1 N–H and O–H groups in total. The van der Waals surface area contributed by atoms with Gasteiger partial charge < -0.3 is 5.11 Å². The van der Waals surface area contributed by atoms with E-state index < -0.39 is 0 Å². The van der Waals surface area contributed by atoms with Gasteiger partial charge in [-0.1, -0.05) is 43.9 Å². The first-order chi connectivity index (χ1) is 7.77. The average molecular weight is 231 g/mol. The number of nitrogens with zero attached hydrogens (tertiary/aromatic N) is 1. The maximum absolute atomic E-state index is 9.15. The fourth-order valence-electron chi connectivity index (χ4n) is 1.38. The molecule has 1 aromatic heterocycles. The Kier molecular flexibility index (Phi) is 7.65. The highest BCUT2D eigenvalue weighted by Gasteiger charge is 2.01. The third kappa shape index (κ3) is 5.27. The molecule has 0 aromatic carbocycles. The minimum absolute atomic E-state index is 0. The molecular formula is C15H21NO. The third-order valence-electron chi connectivity index (χ3n) is 2.23. The van der Waals surface area contributed by atoms with Crippen LogP contribution >= 0.6 is 0 Å². The Hall–Kier alpha value is -1.67. The summed E-state index contributed by atoms with van der Waals surface area (Å²) in [4.78, 5) is 3.98. The standard InChI is InChI=1S/C14H17NO.CH4/c1-3-4-5-6-12(2)9-13-7-8-15-10-14(13)11-16;/h3-8,10,16H,2,9,11H2,1H3;1H4/b4-3-,6-5-;. The van der Waals surface area contributed by atoms with Gasteiger partial charge in [0.05, 0.1) is 6.61 Å². The van der Waals surface area contributed by atoms with Crippen LogP contribution < -0.4 is 0 Å². The van der Waals surface area contributed by atoms with Crippen molar-refractivity contribution in [3.63, 3.8) is 0 Å². The highest BCUT2D eigenvalue weighted by atomic mass is 16.3. The Morgan fingerprint density at radius 3 is 2.82 bits per heavy atom. The van der Waals surface area contributed by atoms with Crippen LogP contribution in [-0.4, -0.2) is 10.1 Å². The predicted octanol–water partition coefficient (Wildman–Crippen LogP) is 3.44. The molecule has 0 saturated carbocycles. The van der Waals surface area contributed by atoms with Crippen LogP contribution in [0.3, 0.4) is 0 Å². The predicted molar refractivity (Wildman–Crippen MR) is 73.7 cm³/mol. The van der Waals surface area contributed by atoms with Gasteiger partial charge in [0, 0.05) is 12.4 Å². The number of aromatic nitrogens is 1. The molecule has 0 aliphatic heterocycles. The maximum atomic E-state index is 9.15. The van der Waals surface area contributed by atoms with Crippen molar-refractivity contribution in [2.45, 2.75) is 27.4 Å². The van der Waals surface area contributed by atoms with Crippen LogP contribution in [0, 0.1) is 0 Å². The lowest BCUT2D eigenvalue weighted by Gasteiger charge is -2.05. The molecule has 0 saturated heterocycles. The first kappa shape index (κ1) is 15.3. The SMILES string of the molecule is C.C=C(/C=C\C=C/C)Cc1ccncc1CO. The fraction of sp³-hybridized carbons (Fsp3) is 0.267. The van der Waals surface area contributed by atoms with E-state index in [1.165, 1.54) is 0 Å². The summed E-state index contributed by atoms with van der Waals surface area (Å²) >= 11 is 0. The van der Waals surface area contributed by atoms with Crippen molar-refractivity contribution in [2.24, 2.45) is 0 Å². The summed E-state index contributed by atoms with van der Waals surface area (Å²) < 4.78 is 0. The van der Waals surface area contributed by atoms with Gasteiger partial charge in [-0.3, -0.25) is 4.98 Å². The molecule has 0 unspecified atom stereocenters. The molecule has 0 atom stereocenters. The van der Waals surface area contributed by atoms with Crippen molar-refractivity contribution in [1.29, 1.82) is 0 Å². The molecule has 0 radical (unpaired) electrons. The zero-order valence-electron chi connectivity index (χ0n) is 9.56. The van der Waals surface area contributed by atoms with Gasteiger partial charge in [0.25, 0.3) is 0 Å². The quantitative estimate of drug-likeness (QED) is 0.787. The van der Waals surface area contributed by atoms with E-state index in [0.717, 1.165) is 23.1 Å². The van der Waals surface area contributed by atoms with Gasteiger partial charge in [0.1, 0.15) is 0 Å². The Morgan fingerprint density at radius 2 is 2.18 bits per heavy atom.